The summed E-state index contributed by atoms with van der Waals surface area (Å²) in [5.74, 6) is 0.923. The lowest BCUT2D eigenvalue weighted by Gasteiger charge is -2.29. The monoisotopic (exact) mass is 292 g/mol. The molecule has 5 heteroatoms. The van der Waals surface area contributed by atoms with E-state index in [2.05, 4.69) is 36.0 Å². The first-order chi connectivity index (χ1) is 10.1. The molecular formula is C16H28N4O. The molecule has 2 rings (SSSR count). The molecule has 0 spiro atoms. The lowest BCUT2D eigenvalue weighted by atomic mass is 10.1. The molecule has 1 aromatic heterocycles. The van der Waals surface area contributed by atoms with E-state index in [9.17, 15) is 4.79 Å². The van der Waals surface area contributed by atoms with Gasteiger partial charge in [0.2, 0.25) is 0 Å². The maximum atomic E-state index is 12.4. The number of hydrogen-bond donors (Lipinski definition) is 1. The molecule has 1 fully saturated rings. The van der Waals surface area contributed by atoms with Crippen LogP contribution in [-0.2, 0) is 6.54 Å². The first-order valence-corrected chi connectivity index (χ1v) is 8.10. The van der Waals surface area contributed by atoms with Crippen LogP contribution < -0.4 is 10.9 Å². The minimum absolute atomic E-state index is 0.0169. The summed E-state index contributed by atoms with van der Waals surface area (Å²) in [5.41, 5.74) is -0.0169. The third-order valence-corrected chi connectivity index (χ3v) is 3.84. The van der Waals surface area contributed by atoms with Gasteiger partial charge in [0.25, 0.3) is 5.56 Å². The van der Waals surface area contributed by atoms with Gasteiger partial charge in [-0.2, -0.15) is 0 Å². The predicted octanol–water partition coefficient (Wildman–Crippen LogP) is 2.19. The van der Waals surface area contributed by atoms with E-state index in [1.807, 2.05) is 0 Å². The van der Waals surface area contributed by atoms with E-state index in [-0.39, 0.29) is 11.6 Å². The maximum Gasteiger partial charge on any atom is 0.293 e. The van der Waals surface area contributed by atoms with Crippen LogP contribution in [0, 0.1) is 5.92 Å². The highest BCUT2D eigenvalue weighted by atomic mass is 16.1. The SMILES string of the molecule is CC(C)Cn1ccnc(NC(C)CN2CCCCC2)c1=O. The van der Waals surface area contributed by atoms with E-state index < -0.39 is 0 Å². The molecule has 118 valence electrons. The third-order valence-electron chi connectivity index (χ3n) is 3.84. The number of likely N-dealkylation sites (tertiary alicyclic amines) is 1. The standard InChI is InChI=1S/C16H28N4O/c1-13(2)11-20-10-7-17-15(16(20)21)18-14(3)12-19-8-5-4-6-9-19/h7,10,13-14H,4-6,8-9,11-12H2,1-3H3,(H,17,18). The summed E-state index contributed by atoms with van der Waals surface area (Å²) in [5, 5.41) is 3.28. The van der Waals surface area contributed by atoms with Crippen LogP contribution in [0.5, 0.6) is 0 Å². The topological polar surface area (TPSA) is 50.2 Å². The first kappa shape index (κ1) is 16.0. The molecule has 5 nitrogen and oxygen atoms in total. The van der Waals surface area contributed by atoms with Crippen molar-refractivity contribution in [3.63, 3.8) is 0 Å². The highest BCUT2D eigenvalue weighted by Gasteiger charge is 2.15. The molecule has 1 aliphatic heterocycles. The Balaban J connectivity index is 1.96. The number of rotatable bonds is 6. The van der Waals surface area contributed by atoms with Crippen molar-refractivity contribution in [2.45, 2.75) is 52.6 Å². The second kappa shape index (κ2) is 7.59. The molecule has 2 heterocycles. The average Bonchev–Trinajstić information content (AvgIpc) is 2.44. The zero-order chi connectivity index (χ0) is 15.2. The molecule has 0 saturated carbocycles. The largest absolute Gasteiger partial charge is 0.362 e. The van der Waals surface area contributed by atoms with Crippen LogP contribution in [0.3, 0.4) is 0 Å². The average molecular weight is 292 g/mol. The molecule has 1 aromatic rings. The fraction of sp³-hybridized carbons (Fsp3) is 0.750. The highest BCUT2D eigenvalue weighted by molar-refractivity contribution is 5.32. The summed E-state index contributed by atoms with van der Waals surface area (Å²) in [6.07, 6.45) is 7.40. The molecule has 1 saturated heterocycles. The van der Waals surface area contributed by atoms with E-state index in [4.69, 9.17) is 0 Å². The van der Waals surface area contributed by atoms with Gasteiger partial charge in [-0.3, -0.25) is 4.79 Å². The van der Waals surface area contributed by atoms with Crippen molar-refractivity contribution in [2.24, 2.45) is 5.92 Å². The van der Waals surface area contributed by atoms with Crippen molar-refractivity contribution in [1.29, 1.82) is 0 Å². The van der Waals surface area contributed by atoms with E-state index in [1.54, 1.807) is 17.0 Å². The molecule has 1 aliphatic rings. The summed E-state index contributed by atoms with van der Waals surface area (Å²) in [4.78, 5) is 19.0. The van der Waals surface area contributed by atoms with Crippen LogP contribution in [0.2, 0.25) is 0 Å². The lowest BCUT2D eigenvalue weighted by Crippen LogP contribution is -2.39. The number of nitrogens with one attached hydrogen (secondary N) is 1. The molecule has 0 bridgehead atoms. The summed E-state index contributed by atoms with van der Waals surface area (Å²) in [6.45, 7) is 10.4. The number of piperidine rings is 1. The number of hydrogen-bond acceptors (Lipinski definition) is 4. The molecule has 21 heavy (non-hydrogen) atoms. The molecule has 0 amide bonds. The zero-order valence-electron chi connectivity index (χ0n) is 13.5. The van der Waals surface area contributed by atoms with Gasteiger partial charge in [0, 0.05) is 31.5 Å². The molecular weight excluding hydrogens is 264 g/mol. The Bertz CT molecular complexity index is 491. The van der Waals surface area contributed by atoms with Gasteiger partial charge in [-0.15, -0.1) is 0 Å². The normalized spacial score (nSPS) is 17.9. The summed E-state index contributed by atoms with van der Waals surface area (Å²) < 4.78 is 1.74. The Morgan fingerprint density at radius 3 is 2.57 bits per heavy atom. The smallest absolute Gasteiger partial charge is 0.293 e. The van der Waals surface area contributed by atoms with Crippen molar-refractivity contribution in [3.8, 4) is 0 Å². The van der Waals surface area contributed by atoms with Gasteiger partial charge in [-0.05, 0) is 38.8 Å². The van der Waals surface area contributed by atoms with Gasteiger partial charge in [-0.25, -0.2) is 4.98 Å². The fourth-order valence-corrected chi connectivity index (χ4v) is 2.89. The second-order valence-corrected chi connectivity index (χ2v) is 6.53. The Kier molecular flexibility index (Phi) is 5.79. The molecule has 0 aliphatic carbocycles. The molecule has 1 N–H and O–H groups in total. The third kappa shape index (κ3) is 4.84. The summed E-state index contributed by atoms with van der Waals surface area (Å²) in [7, 11) is 0. The lowest BCUT2D eigenvalue weighted by molar-refractivity contribution is 0.223. The van der Waals surface area contributed by atoms with Gasteiger partial charge < -0.3 is 14.8 Å². The zero-order valence-corrected chi connectivity index (χ0v) is 13.5. The van der Waals surface area contributed by atoms with E-state index in [1.165, 1.54) is 32.4 Å². The Morgan fingerprint density at radius 2 is 1.90 bits per heavy atom. The Morgan fingerprint density at radius 1 is 1.19 bits per heavy atom. The van der Waals surface area contributed by atoms with Crippen molar-refractivity contribution < 1.29 is 0 Å². The Hall–Kier alpha value is -1.36. The molecule has 0 aromatic carbocycles. The minimum atomic E-state index is -0.0169. The van der Waals surface area contributed by atoms with Gasteiger partial charge in [0.05, 0.1) is 0 Å². The van der Waals surface area contributed by atoms with E-state index >= 15 is 0 Å². The maximum absolute atomic E-state index is 12.4. The molecule has 1 unspecified atom stereocenters. The van der Waals surface area contributed by atoms with Crippen molar-refractivity contribution in [3.05, 3.63) is 22.7 Å². The van der Waals surface area contributed by atoms with Crippen molar-refractivity contribution >= 4 is 5.82 Å². The number of aromatic nitrogens is 2. The molecule has 1 atom stereocenters. The van der Waals surface area contributed by atoms with Crippen molar-refractivity contribution in [2.75, 3.05) is 25.0 Å². The van der Waals surface area contributed by atoms with Crippen LogP contribution in [0.15, 0.2) is 17.2 Å². The summed E-state index contributed by atoms with van der Waals surface area (Å²) in [6, 6.07) is 0.234. The van der Waals surface area contributed by atoms with E-state index in [0.717, 1.165) is 13.1 Å². The van der Waals surface area contributed by atoms with Crippen LogP contribution in [-0.4, -0.2) is 40.1 Å². The van der Waals surface area contributed by atoms with Gasteiger partial charge in [0.1, 0.15) is 0 Å². The molecule has 0 radical (unpaired) electrons. The minimum Gasteiger partial charge on any atom is -0.362 e. The first-order valence-electron chi connectivity index (χ1n) is 8.10. The van der Waals surface area contributed by atoms with Gasteiger partial charge >= 0.3 is 0 Å². The van der Waals surface area contributed by atoms with E-state index in [0.29, 0.717) is 11.7 Å². The van der Waals surface area contributed by atoms with Gasteiger partial charge in [-0.1, -0.05) is 20.3 Å². The quantitative estimate of drug-likeness (QED) is 0.873. The fourth-order valence-electron chi connectivity index (χ4n) is 2.89. The van der Waals surface area contributed by atoms with Crippen molar-refractivity contribution in [1.82, 2.24) is 14.5 Å². The van der Waals surface area contributed by atoms with Crippen LogP contribution in [0.25, 0.3) is 0 Å². The highest BCUT2D eigenvalue weighted by Crippen LogP contribution is 2.10. The van der Waals surface area contributed by atoms with Crippen LogP contribution >= 0.6 is 0 Å². The van der Waals surface area contributed by atoms with Gasteiger partial charge in [0.15, 0.2) is 5.82 Å². The second-order valence-electron chi connectivity index (χ2n) is 6.53. The summed E-state index contributed by atoms with van der Waals surface area (Å²) >= 11 is 0. The van der Waals surface area contributed by atoms with Crippen LogP contribution in [0.1, 0.15) is 40.0 Å². The number of nitrogens with zero attached hydrogens (tertiary/aromatic N) is 3. The predicted molar refractivity (Wildman–Crippen MR) is 86.7 cm³/mol. The van der Waals surface area contributed by atoms with Crippen LogP contribution in [0.4, 0.5) is 5.82 Å². The number of anilines is 1. The Labute approximate surface area is 127 Å².